The maximum atomic E-state index is 12.5. The number of likely N-dealkylation sites (N-methyl/N-ethyl adjacent to an activating group) is 1. The van der Waals surface area contributed by atoms with Crippen molar-refractivity contribution in [2.75, 3.05) is 23.4 Å². The van der Waals surface area contributed by atoms with Crippen LogP contribution in [0.1, 0.15) is 18.1 Å². The number of carbonyl (C=O) groups excluding carboxylic acids is 2. The molecule has 0 aliphatic rings. The maximum Gasteiger partial charge on any atom is 0.246 e. The van der Waals surface area contributed by atoms with Crippen LogP contribution in [-0.4, -0.2) is 25.4 Å². The highest BCUT2D eigenvalue weighted by molar-refractivity contribution is 6.03. The molecule has 120 valence electrons. The number of nitrogens with zero attached hydrogens (tertiary/aromatic N) is 2. The van der Waals surface area contributed by atoms with Crippen LogP contribution in [0.4, 0.5) is 11.4 Å². The minimum absolute atomic E-state index is 0.0185. The van der Waals surface area contributed by atoms with Crippen LogP contribution >= 0.6 is 0 Å². The van der Waals surface area contributed by atoms with Gasteiger partial charge in [-0.2, -0.15) is 0 Å². The Kier molecular flexibility index (Phi) is 5.16. The predicted molar refractivity (Wildman–Crippen MR) is 93.8 cm³/mol. The molecule has 2 rings (SSSR count). The molecule has 0 saturated heterocycles. The van der Waals surface area contributed by atoms with Crippen LogP contribution in [0, 0.1) is 13.8 Å². The molecule has 0 fully saturated rings. The summed E-state index contributed by atoms with van der Waals surface area (Å²) in [5, 5.41) is 0. The molecule has 0 N–H and O–H groups in total. The molecular weight excluding hydrogens is 288 g/mol. The monoisotopic (exact) mass is 310 g/mol. The van der Waals surface area contributed by atoms with Crippen LogP contribution in [0.5, 0.6) is 0 Å². The van der Waals surface area contributed by atoms with Crippen molar-refractivity contribution >= 4 is 23.2 Å². The number of carbonyl (C=O) groups is 2. The molecule has 0 unspecified atom stereocenters. The SMILES string of the molecule is CC(=O)N(CC(=O)N(C)c1ccccc1)c1ccc(C)cc1C. The second kappa shape index (κ2) is 7.09. The normalized spacial score (nSPS) is 10.3. The molecule has 0 spiro atoms. The van der Waals surface area contributed by atoms with Crippen molar-refractivity contribution in [1.82, 2.24) is 0 Å². The molecule has 4 heteroatoms. The summed E-state index contributed by atoms with van der Waals surface area (Å²) in [6.45, 7) is 5.45. The van der Waals surface area contributed by atoms with Gasteiger partial charge in [0.2, 0.25) is 11.8 Å². The van der Waals surface area contributed by atoms with E-state index in [-0.39, 0.29) is 18.4 Å². The lowest BCUT2D eigenvalue weighted by Gasteiger charge is -2.26. The number of hydrogen-bond acceptors (Lipinski definition) is 2. The first kappa shape index (κ1) is 16.7. The van der Waals surface area contributed by atoms with E-state index in [1.54, 1.807) is 11.9 Å². The van der Waals surface area contributed by atoms with E-state index in [1.807, 2.05) is 62.4 Å². The molecule has 2 aromatic rings. The summed E-state index contributed by atoms with van der Waals surface area (Å²) >= 11 is 0. The Morgan fingerprint density at radius 3 is 2.22 bits per heavy atom. The van der Waals surface area contributed by atoms with E-state index < -0.39 is 0 Å². The van der Waals surface area contributed by atoms with Gasteiger partial charge in [0.25, 0.3) is 0 Å². The first-order chi connectivity index (χ1) is 10.9. The summed E-state index contributed by atoms with van der Waals surface area (Å²) in [5.74, 6) is -0.280. The van der Waals surface area contributed by atoms with Crippen LogP contribution in [0.2, 0.25) is 0 Å². The summed E-state index contributed by atoms with van der Waals surface area (Å²) in [6.07, 6.45) is 0. The Labute approximate surface area is 137 Å². The summed E-state index contributed by atoms with van der Waals surface area (Å²) in [6, 6.07) is 15.2. The fraction of sp³-hybridized carbons (Fsp3) is 0.263. The van der Waals surface area contributed by atoms with Crippen LogP contribution in [-0.2, 0) is 9.59 Å². The van der Waals surface area contributed by atoms with Crippen molar-refractivity contribution in [3.05, 3.63) is 59.7 Å². The van der Waals surface area contributed by atoms with Gasteiger partial charge in [-0.05, 0) is 37.6 Å². The maximum absolute atomic E-state index is 12.5. The molecule has 0 aliphatic heterocycles. The molecule has 0 bridgehead atoms. The van der Waals surface area contributed by atoms with Crippen molar-refractivity contribution in [1.29, 1.82) is 0 Å². The fourth-order valence-electron chi connectivity index (χ4n) is 2.51. The van der Waals surface area contributed by atoms with E-state index in [2.05, 4.69) is 0 Å². The molecule has 4 nitrogen and oxygen atoms in total. The Hall–Kier alpha value is -2.62. The summed E-state index contributed by atoms with van der Waals surface area (Å²) in [7, 11) is 1.72. The van der Waals surface area contributed by atoms with Gasteiger partial charge in [0, 0.05) is 25.3 Å². The third-order valence-corrected chi connectivity index (χ3v) is 3.83. The highest BCUT2D eigenvalue weighted by Gasteiger charge is 2.20. The van der Waals surface area contributed by atoms with Gasteiger partial charge in [-0.15, -0.1) is 0 Å². The van der Waals surface area contributed by atoms with E-state index >= 15 is 0 Å². The van der Waals surface area contributed by atoms with Gasteiger partial charge in [0.1, 0.15) is 6.54 Å². The lowest BCUT2D eigenvalue weighted by molar-refractivity contribution is -0.121. The molecule has 0 atom stereocenters. The number of rotatable bonds is 4. The van der Waals surface area contributed by atoms with Crippen LogP contribution in [0.3, 0.4) is 0 Å². The lowest BCUT2D eigenvalue weighted by Crippen LogP contribution is -2.41. The second-order valence-corrected chi connectivity index (χ2v) is 5.68. The van der Waals surface area contributed by atoms with Crippen LogP contribution in [0.25, 0.3) is 0 Å². The summed E-state index contributed by atoms with van der Waals surface area (Å²) in [4.78, 5) is 27.7. The second-order valence-electron chi connectivity index (χ2n) is 5.68. The van der Waals surface area contributed by atoms with Crippen molar-refractivity contribution in [3.63, 3.8) is 0 Å². The van der Waals surface area contributed by atoms with Crippen molar-refractivity contribution < 1.29 is 9.59 Å². The smallest absolute Gasteiger partial charge is 0.246 e. The van der Waals surface area contributed by atoms with E-state index in [1.165, 1.54) is 11.8 Å². The van der Waals surface area contributed by atoms with Gasteiger partial charge in [0.05, 0.1) is 0 Å². The van der Waals surface area contributed by atoms with Gasteiger partial charge in [-0.1, -0.05) is 35.9 Å². The molecule has 0 heterocycles. The molecule has 23 heavy (non-hydrogen) atoms. The summed E-state index contributed by atoms with van der Waals surface area (Å²) < 4.78 is 0. The molecule has 0 radical (unpaired) electrons. The fourth-order valence-corrected chi connectivity index (χ4v) is 2.51. The summed E-state index contributed by atoms with van der Waals surface area (Å²) in [5.41, 5.74) is 3.69. The van der Waals surface area contributed by atoms with Gasteiger partial charge in [0.15, 0.2) is 0 Å². The molecule has 2 amide bonds. The number of para-hydroxylation sites is 1. The highest BCUT2D eigenvalue weighted by Crippen LogP contribution is 2.22. The minimum Gasteiger partial charge on any atom is -0.314 e. The van der Waals surface area contributed by atoms with E-state index in [9.17, 15) is 9.59 Å². The predicted octanol–water partition coefficient (Wildman–Crippen LogP) is 3.32. The average molecular weight is 310 g/mol. The molecule has 0 aromatic heterocycles. The third-order valence-electron chi connectivity index (χ3n) is 3.83. The quantitative estimate of drug-likeness (QED) is 0.869. The van der Waals surface area contributed by atoms with Crippen LogP contribution < -0.4 is 9.80 Å². The van der Waals surface area contributed by atoms with Gasteiger partial charge >= 0.3 is 0 Å². The van der Waals surface area contributed by atoms with Gasteiger partial charge < -0.3 is 9.80 Å². The number of benzene rings is 2. The minimum atomic E-state index is -0.147. The zero-order valence-corrected chi connectivity index (χ0v) is 14.0. The van der Waals surface area contributed by atoms with Crippen molar-refractivity contribution in [2.24, 2.45) is 0 Å². The standard InChI is InChI=1S/C19H22N2O2/c1-14-10-11-18(15(2)12-14)21(16(3)22)13-19(23)20(4)17-8-6-5-7-9-17/h5-12H,13H2,1-4H3. The molecule has 2 aromatic carbocycles. The van der Waals surface area contributed by atoms with E-state index in [0.717, 1.165) is 22.5 Å². The highest BCUT2D eigenvalue weighted by atomic mass is 16.2. The average Bonchev–Trinajstić information content (AvgIpc) is 2.53. The molecule has 0 saturated carbocycles. The lowest BCUT2D eigenvalue weighted by atomic mass is 10.1. The van der Waals surface area contributed by atoms with E-state index in [4.69, 9.17) is 0 Å². The Bertz CT molecular complexity index is 711. The first-order valence-electron chi connectivity index (χ1n) is 7.57. The van der Waals surface area contributed by atoms with Gasteiger partial charge in [-0.25, -0.2) is 0 Å². The molecule has 0 aliphatic carbocycles. The Morgan fingerprint density at radius 2 is 1.65 bits per heavy atom. The van der Waals surface area contributed by atoms with Gasteiger partial charge in [-0.3, -0.25) is 9.59 Å². The van der Waals surface area contributed by atoms with E-state index in [0.29, 0.717) is 0 Å². The van der Waals surface area contributed by atoms with Crippen molar-refractivity contribution in [3.8, 4) is 0 Å². The van der Waals surface area contributed by atoms with Crippen molar-refractivity contribution in [2.45, 2.75) is 20.8 Å². The third kappa shape index (κ3) is 3.97. The Morgan fingerprint density at radius 1 is 1.00 bits per heavy atom. The van der Waals surface area contributed by atoms with Crippen LogP contribution in [0.15, 0.2) is 48.5 Å². The number of amides is 2. The first-order valence-corrected chi connectivity index (χ1v) is 7.57. The number of hydrogen-bond donors (Lipinski definition) is 0. The zero-order chi connectivity index (χ0) is 17.0. The number of anilines is 2. The topological polar surface area (TPSA) is 40.6 Å². The zero-order valence-electron chi connectivity index (χ0n) is 14.0. The largest absolute Gasteiger partial charge is 0.314 e. The number of aryl methyl sites for hydroxylation is 2. The molecular formula is C19H22N2O2. The Balaban J connectivity index is 2.23.